The van der Waals surface area contributed by atoms with Crippen molar-refractivity contribution >= 4 is 33.0 Å². The molecule has 1 atom stereocenters. The van der Waals surface area contributed by atoms with Crippen molar-refractivity contribution in [1.29, 1.82) is 0 Å². The number of aromatic nitrogens is 2. The molecule has 0 aromatic carbocycles. The highest BCUT2D eigenvalue weighted by Crippen LogP contribution is 2.31. The largest absolute Gasteiger partial charge is 0.375 e. The molecule has 4 nitrogen and oxygen atoms in total. The van der Waals surface area contributed by atoms with Gasteiger partial charge in [0.25, 0.3) is 5.56 Å². The lowest BCUT2D eigenvalue weighted by molar-refractivity contribution is 0.550. The standard InChI is InChI=1S/C14H18BrN3OS/c1-4-18-14(19)12(15)10(8-16-18)17-13(9(2)3)11-6-5-7-20-11/h5-9,13,17H,4H2,1-3H3. The first-order valence-corrected chi connectivity index (χ1v) is 8.27. The second kappa shape index (κ2) is 6.54. The molecule has 0 saturated carbocycles. The summed E-state index contributed by atoms with van der Waals surface area (Å²) in [5, 5.41) is 9.66. The van der Waals surface area contributed by atoms with E-state index in [0.29, 0.717) is 16.9 Å². The maximum atomic E-state index is 12.1. The molecule has 0 amide bonds. The van der Waals surface area contributed by atoms with Gasteiger partial charge < -0.3 is 5.32 Å². The summed E-state index contributed by atoms with van der Waals surface area (Å²) in [6, 6.07) is 4.32. The number of nitrogens with one attached hydrogen (secondary N) is 1. The minimum absolute atomic E-state index is 0.105. The predicted molar refractivity (Wildman–Crippen MR) is 87.4 cm³/mol. The van der Waals surface area contributed by atoms with Crippen LogP contribution in [0.25, 0.3) is 0 Å². The van der Waals surface area contributed by atoms with Gasteiger partial charge in [0.1, 0.15) is 4.47 Å². The monoisotopic (exact) mass is 355 g/mol. The van der Waals surface area contributed by atoms with Gasteiger partial charge in [0.2, 0.25) is 0 Å². The van der Waals surface area contributed by atoms with Crippen LogP contribution >= 0.6 is 27.3 Å². The lowest BCUT2D eigenvalue weighted by Gasteiger charge is -2.23. The number of anilines is 1. The number of nitrogens with zero attached hydrogens (tertiary/aromatic N) is 2. The van der Waals surface area contributed by atoms with E-state index < -0.39 is 0 Å². The molecule has 2 heterocycles. The van der Waals surface area contributed by atoms with E-state index in [1.807, 2.05) is 13.0 Å². The number of thiophene rings is 1. The van der Waals surface area contributed by atoms with Gasteiger partial charge in [-0.1, -0.05) is 19.9 Å². The fourth-order valence-electron chi connectivity index (χ4n) is 1.99. The van der Waals surface area contributed by atoms with Crippen molar-refractivity contribution in [2.24, 2.45) is 5.92 Å². The van der Waals surface area contributed by atoms with E-state index in [1.165, 1.54) is 9.56 Å². The molecule has 0 aliphatic heterocycles. The Bertz CT molecular complexity index is 622. The normalized spacial score (nSPS) is 12.7. The van der Waals surface area contributed by atoms with Crippen molar-refractivity contribution in [3.63, 3.8) is 0 Å². The molecule has 0 saturated heterocycles. The average molecular weight is 356 g/mol. The molecule has 2 rings (SSSR count). The molecule has 2 aromatic rings. The van der Waals surface area contributed by atoms with E-state index in [0.717, 1.165) is 5.69 Å². The van der Waals surface area contributed by atoms with Crippen LogP contribution in [0.5, 0.6) is 0 Å². The highest BCUT2D eigenvalue weighted by Gasteiger charge is 2.19. The average Bonchev–Trinajstić information content (AvgIpc) is 2.94. The molecule has 0 spiro atoms. The van der Waals surface area contributed by atoms with E-state index in [4.69, 9.17) is 0 Å². The number of rotatable bonds is 5. The lowest BCUT2D eigenvalue weighted by Crippen LogP contribution is -2.25. The van der Waals surface area contributed by atoms with Crippen LogP contribution in [0.2, 0.25) is 0 Å². The Morgan fingerprint density at radius 1 is 1.50 bits per heavy atom. The minimum atomic E-state index is -0.105. The van der Waals surface area contributed by atoms with Crippen LogP contribution in [0, 0.1) is 5.92 Å². The molecule has 0 fully saturated rings. The molecule has 1 N–H and O–H groups in total. The number of hydrogen-bond donors (Lipinski definition) is 1. The summed E-state index contributed by atoms with van der Waals surface area (Å²) < 4.78 is 1.97. The fraction of sp³-hybridized carbons (Fsp3) is 0.429. The topological polar surface area (TPSA) is 46.9 Å². The zero-order valence-electron chi connectivity index (χ0n) is 11.8. The first-order valence-electron chi connectivity index (χ1n) is 6.60. The zero-order valence-corrected chi connectivity index (χ0v) is 14.2. The summed E-state index contributed by atoms with van der Waals surface area (Å²) >= 11 is 5.10. The van der Waals surface area contributed by atoms with E-state index in [1.54, 1.807) is 17.5 Å². The van der Waals surface area contributed by atoms with Crippen molar-refractivity contribution in [3.8, 4) is 0 Å². The summed E-state index contributed by atoms with van der Waals surface area (Å²) in [5.74, 6) is 0.411. The fourth-order valence-corrected chi connectivity index (χ4v) is 3.36. The number of aryl methyl sites for hydroxylation is 1. The summed E-state index contributed by atoms with van der Waals surface area (Å²) in [4.78, 5) is 13.3. The van der Waals surface area contributed by atoms with Gasteiger partial charge in [-0.25, -0.2) is 4.68 Å². The van der Waals surface area contributed by atoms with Gasteiger partial charge in [0.15, 0.2) is 0 Å². The number of halogens is 1. The third kappa shape index (κ3) is 3.12. The Labute approximate surface area is 131 Å². The Balaban J connectivity index is 2.33. The Kier molecular flexibility index (Phi) is 4.99. The summed E-state index contributed by atoms with van der Waals surface area (Å²) in [5.41, 5.74) is 0.637. The highest BCUT2D eigenvalue weighted by molar-refractivity contribution is 9.10. The van der Waals surface area contributed by atoms with Crippen molar-refractivity contribution in [1.82, 2.24) is 9.78 Å². The zero-order chi connectivity index (χ0) is 14.7. The van der Waals surface area contributed by atoms with Crippen LogP contribution in [0.15, 0.2) is 33.0 Å². The molecule has 6 heteroatoms. The van der Waals surface area contributed by atoms with Crippen molar-refractivity contribution in [3.05, 3.63) is 43.4 Å². The molecule has 0 bridgehead atoms. The SMILES string of the molecule is CCn1ncc(NC(c2cccs2)C(C)C)c(Br)c1=O. The quantitative estimate of drug-likeness (QED) is 0.884. The van der Waals surface area contributed by atoms with Gasteiger partial charge in [-0.3, -0.25) is 4.79 Å². The van der Waals surface area contributed by atoms with Crippen molar-refractivity contribution in [2.75, 3.05) is 5.32 Å². The van der Waals surface area contributed by atoms with Gasteiger partial charge in [-0.2, -0.15) is 5.10 Å². The molecule has 0 radical (unpaired) electrons. The Morgan fingerprint density at radius 2 is 2.25 bits per heavy atom. The van der Waals surface area contributed by atoms with Gasteiger partial charge in [-0.05, 0) is 40.2 Å². The molecule has 0 aliphatic carbocycles. The lowest BCUT2D eigenvalue weighted by atomic mass is 10.0. The molecular weight excluding hydrogens is 338 g/mol. The van der Waals surface area contributed by atoms with E-state index in [2.05, 4.69) is 51.6 Å². The second-order valence-corrected chi connectivity index (χ2v) is 6.65. The third-order valence-corrected chi connectivity index (χ3v) is 4.83. The van der Waals surface area contributed by atoms with Crippen LogP contribution in [0.4, 0.5) is 5.69 Å². The van der Waals surface area contributed by atoms with E-state index >= 15 is 0 Å². The summed E-state index contributed by atoms with van der Waals surface area (Å²) in [6.07, 6.45) is 1.71. The van der Waals surface area contributed by atoms with Crippen molar-refractivity contribution in [2.45, 2.75) is 33.4 Å². The van der Waals surface area contributed by atoms with Gasteiger partial charge >= 0.3 is 0 Å². The van der Waals surface area contributed by atoms with Gasteiger partial charge in [-0.15, -0.1) is 11.3 Å². The summed E-state index contributed by atoms with van der Waals surface area (Å²) in [6.45, 7) is 6.78. The first kappa shape index (κ1) is 15.3. The maximum absolute atomic E-state index is 12.1. The Morgan fingerprint density at radius 3 is 2.80 bits per heavy atom. The number of hydrogen-bond acceptors (Lipinski definition) is 4. The molecule has 20 heavy (non-hydrogen) atoms. The summed E-state index contributed by atoms with van der Waals surface area (Å²) in [7, 11) is 0. The highest BCUT2D eigenvalue weighted by atomic mass is 79.9. The third-order valence-electron chi connectivity index (χ3n) is 3.11. The van der Waals surface area contributed by atoms with Crippen LogP contribution in [0.3, 0.4) is 0 Å². The van der Waals surface area contributed by atoms with Crippen LogP contribution in [-0.4, -0.2) is 9.78 Å². The smallest absolute Gasteiger partial charge is 0.283 e. The molecule has 0 aliphatic rings. The van der Waals surface area contributed by atoms with Crippen LogP contribution in [-0.2, 0) is 6.54 Å². The minimum Gasteiger partial charge on any atom is -0.375 e. The first-order chi connectivity index (χ1) is 9.54. The van der Waals surface area contributed by atoms with E-state index in [-0.39, 0.29) is 11.6 Å². The van der Waals surface area contributed by atoms with E-state index in [9.17, 15) is 4.79 Å². The van der Waals surface area contributed by atoms with Crippen molar-refractivity contribution < 1.29 is 0 Å². The van der Waals surface area contributed by atoms with Crippen LogP contribution < -0.4 is 10.9 Å². The van der Waals surface area contributed by atoms with Gasteiger partial charge in [0, 0.05) is 11.4 Å². The Hall–Kier alpha value is -1.14. The van der Waals surface area contributed by atoms with Gasteiger partial charge in [0.05, 0.1) is 17.9 Å². The molecule has 1 unspecified atom stereocenters. The maximum Gasteiger partial charge on any atom is 0.283 e. The second-order valence-electron chi connectivity index (χ2n) is 4.87. The van der Waals surface area contributed by atoms with Crippen LogP contribution in [0.1, 0.15) is 31.7 Å². The predicted octanol–water partition coefficient (Wildman–Crippen LogP) is 3.90. The molecule has 2 aromatic heterocycles. The molecular formula is C14H18BrN3OS. The molecule has 108 valence electrons.